The number of rotatable bonds is 3. The van der Waals surface area contributed by atoms with Gasteiger partial charge in [0.25, 0.3) is 0 Å². The van der Waals surface area contributed by atoms with Gasteiger partial charge in [0, 0.05) is 3.57 Å². The standard InChI is InChI=1S/C12H8ClIN2O2/c13-8-6-7(14)4-5-9(8)15-11-3-1-2-10(16-11)12(17)18/h1-6H,(H,15,16)(H,17,18). The fraction of sp³-hybridized carbons (Fsp3) is 0. The highest BCUT2D eigenvalue weighted by molar-refractivity contribution is 14.1. The van der Waals surface area contributed by atoms with Gasteiger partial charge < -0.3 is 10.4 Å². The van der Waals surface area contributed by atoms with Gasteiger partial charge in [-0.1, -0.05) is 17.7 Å². The average Bonchev–Trinajstić information content (AvgIpc) is 2.33. The van der Waals surface area contributed by atoms with Gasteiger partial charge in [-0.25, -0.2) is 9.78 Å². The third-order valence-electron chi connectivity index (χ3n) is 2.16. The maximum atomic E-state index is 10.8. The Bertz CT molecular complexity index is 604. The first-order valence-electron chi connectivity index (χ1n) is 4.98. The number of aromatic nitrogens is 1. The summed E-state index contributed by atoms with van der Waals surface area (Å²) in [6.45, 7) is 0. The van der Waals surface area contributed by atoms with E-state index in [1.165, 1.54) is 6.07 Å². The summed E-state index contributed by atoms with van der Waals surface area (Å²) < 4.78 is 1.02. The van der Waals surface area contributed by atoms with Crippen LogP contribution >= 0.6 is 34.2 Å². The van der Waals surface area contributed by atoms with E-state index in [1.807, 2.05) is 18.2 Å². The minimum Gasteiger partial charge on any atom is -0.477 e. The highest BCUT2D eigenvalue weighted by atomic mass is 127. The number of anilines is 2. The van der Waals surface area contributed by atoms with Gasteiger partial charge in [-0.15, -0.1) is 0 Å². The fourth-order valence-electron chi connectivity index (χ4n) is 1.35. The van der Waals surface area contributed by atoms with Crippen LogP contribution in [0.15, 0.2) is 36.4 Å². The van der Waals surface area contributed by atoms with Crippen LogP contribution in [-0.2, 0) is 0 Å². The van der Waals surface area contributed by atoms with E-state index in [2.05, 4.69) is 32.9 Å². The van der Waals surface area contributed by atoms with Gasteiger partial charge >= 0.3 is 5.97 Å². The summed E-state index contributed by atoms with van der Waals surface area (Å²) in [5.74, 6) is -0.620. The van der Waals surface area contributed by atoms with Crippen molar-refractivity contribution < 1.29 is 9.90 Å². The predicted molar refractivity (Wildman–Crippen MR) is 78.6 cm³/mol. The molecule has 1 aromatic carbocycles. The number of hydrogen-bond acceptors (Lipinski definition) is 3. The van der Waals surface area contributed by atoms with Crippen LogP contribution in [0.4, 0.5) is 11.5 Å². The Balaban J connectivity index is 2.28. The van der Waals surface area contributed by atoms with Crippen LogP contribution in [-0.4, -0.2) is 16.1 Å². The molecule has 0 amide bonds. The molecule has 0 aliphatic carbocycles. The van der Waals surface area contributed by atoms with Crippen molar-refractivity contribution in [3.63, 3.8) is 0 Å². The molecular weight excluding hydrogens is 367 g/mol. The lowest BCUT2D eigenvalue weighted by molar-refractivity contribution is 0.0690. The van der Waals surface area contributed by atoms with Crippen molar-refractivity contribution in [1.29, 1.82) is 0 Å². The van der Waals surface area contributed by atoms with Gasteiger partial charge in [-0.05, 0) is 52.9 Å². The van der Waals surface area contributed by atoms with Crippen LogP contribution < -0.4 is 5.32 Å². The Labute approximate surface area is 122 Å². The molecule has 0 unspecified atom stereocenters. The molecule has 0 saturated heterocycles. The van der Waals surface area contributed by atoms with Crippen molar-refractivity contribution in [3.05, 3.63) is 50.7 Å². The molecule has 0 bridgehead atoms. The largest absolute Gasteiger partial charge is 0.477 e. The molecule has 92 valence electrons. The average molecular weight is 375 g/mol. The SMILES string of the molecule is O=C(O)c1cccc(Nc2ccc(I)cc2Cl)n1. The van der Waals surface area contributed by atoms with E-state index in [0.717, 1.165) is 3.57 Å². The van der Waals surface area contributed by atoms with Crippen molar-refractivity contribution in [3.8, 4) is 0 Å². The molecule has 4 nitrogen and oxygen atoms in total. The highest BCUT2D eigenvalue weighted by Gasteiger charge is 2.06. The Morgan fingerprint density at radius 3 is 2.78 bits per heavy atom. The van der Waals surface area contributed by atoms with Crippen molar-refractivity contribution in [2.45, 2.75) is 0 Å². The maximum Gasteiger partial charge on any atom is 0.354 e. The molecule has 6 heteroatoms. The molecule has 1 heterocycles. The number of benzene rings is 1. The fourth-order valence-corrected chi connectivity index (χ4v) is 2.26. The van der Waals surface area contributed by atoms with E-state index < -0.39 is 5.97 Å². The molecule has 0 saturated carbocycles. The second-order valence-electron chi connectivity index (χ2n) is 3.46. The monoisotopic (exact) mass is 374 g/mol. The lowest BCUT2D eigenvalue weighted by Crippen LogP contribution is -2.02. The van der Waals surface area contributed by atoms with Crippen molar-refractivity contribution in [1.82, 2.24) is 4.98 Å². The first-order chi connectivity index (χ1) is 8.56. The molecule has 1 aromatic heterocycles. The minimum absolute atomic E-state index is 0.0124. The molecule has 0 aliphatic heterocycles. The number of nitrogens with zero attached hydrogens (tertiary/aromatic N) is 1. The number of pyridine rings is 1. The van der Waals surface area contributed by atoms with Crippen LogP contribution in [0.5, 0.6) is 0 Å². The number of carbonyl (C=O) groups is 1. The number of carboxylic acid groups (broad SMARTS) is 1. The molecule has 2 rings (SSSR count). The van der Waals surface area contributed by atoms with E-state index in [-0.39, 0.29) is 5.69 Å². The zero-order valence-corrected chi connectivity index (χ0v) is 11.9. The topological polar surface area (TPSA) is 62.2 Å². The second kappa shape index (κ2) is 5.53. The number of halogens is 2. The molecule has 0 radical (unpaired) electrons. The summed E-state index contributed by atoms with van der Waals surface area (Å²) in [5.41, 5.74) is 0.675. The van der Waals surface area contributed by atoms with Crippen LogP contribution in [0.3, 0.4) is 0 Å². The van der Waals surface area contributed by atoms with E-state index in [0.29, 0.717) is 16.5 Å². The smallest absolute Gasteiger partial charge is 0.354 e. The highest BCUT2D eigenvalue weighted by Crippen LogP contribution is 2.26. The predicted octanol–water partition coefficient (Wildman–Crippen LogP) is 3.78. The summed E-state index contributed by atoms with van der Waals surface area (Å²) in [6.07, 6.45) is 0. The number of carboxylic acids is 1. The van der Waals surface area contributed by atoms with Crippen molar-refractivity contribution in [2.24, 2.45) is 0 Å². The number of aromatic carboxylic acids is 1. The Hall–Kier alpha value is -1.34. The van der Waals surface area contributed by atoms with Gasteiger partial charge in [0.05, 0.1) is 10.7 Å². The van der Waals surface area contributed by atoms with E-state index in [1.54, 1.807) is 12.1 Å². The summed E-state index contributed by atoms with van der Waals surface area (Å²) in [6, 6.07) is 10.3. The normalized spacial score (nSPS) is 10.1. The maximum absolute atomic E-state index is 10.8. The quantitative estimate of drug-likeness (QED) is 0.803. The number of hydrogen-bond donors (Lipinski definition) is 2. The molecule has 0 aliphatic rings. The summed E-state index contributed by atoms with van der Waals surface area (Å²) in [7, 11) is 0. The summed E-state index contributed by atoms with van der Waals surface area (Å²) >= 11 is 8.23. The van der Waals surface area contributed by atoms with E-state index >= 15 is 0 Å². The minimum atomic E-state index is -1.06. The molecule has 18 heavy (non-hydrogen) atoms. The molecular formula is C12H8ClIN2O2. The Morgan fingerprint density at radius 1 is 1.33 bits per heavy atom. The van der Waals surface area contributed by atoms with E-state index in [9.17, 15) is 4.79 Å². The molecule has 0 atom stereocenters. The van der Waals surface area contributed by atoms with Gasteiger partial charge in [0.1, 0.15) is 5.82 Å². The molecule has 2 N–H and O–H groups in total. The molecule has 0 fully saturated rings. The lowest BCUT2D eigenvalue weighted by atomic mass is 10.3. The molecule has 2 aromatic rings. The van der Waals surface area contributed by atoms with Crippen LogP contribution in [0, 0.1) is 3.57 Å². The second-order valence-corrected chi connectivity index (χ2v) is 5.12. The van der Waals surface area contributed by atoms with Crippen LogP contribution in [0.2, 0.25) is 5.02 Å². The first-order valence-corrected chi connectivity index (χ1v) is 6.44. The lowest BCUT2D eigenvalue weighted by Gasteiger charge is -2.08. The Morgan fingerprint density at radius 2 is 2.11 bits per heavy atom. The third kappa shape index (κ3) is 3.11. The number of nitrogens with one attached hydrogen (secondary N) is 1. The van der Waals surface area contributed by atoms with E-state index in [4.69, 9.17) is 16.7 Å². The van der Waals surface area contributed by atoms with Gasteiger partial charge in [-0.3, -0.25) is 0 Å². The van der Waals surface area contributed by atoms with Crippen molar-refractivity contribution in [2.75, 3.05) is 5.32 Å². The third-order valence-corrected chi connectivity index (χ3v) is 3.15. The summed E-state index contributed by atoms with van der Waals surface area (Å²) in [5, 5.41) is 12.4. The van der Waals surface area contributed by atoms with Crippen LogP contribution in [0.1, 0.15) is 10.5 Å². The Kier molecular flexibility index (Phi) is 4.03. The zero-order valence-electron chi connectivity index (χ0n) is 9.02. The zero-order chi connectivity index (χ0) is 13.1. The summed E-state index contributed by atoms with van der Waals surface area (Å²) in [4.78, 5) is 14.8. The van der Waals surface area contributed by atoms with Gasteiger partial charge in [-0.2, -0.15) is 0 Å². The van der Waals surface area contributed by atoms with Gasteiger partial charge in [0.15, 0.2) is 5.69 Å². The van der Waals surface area contributed by atoms with Crippen molar-refractivity contribution >= 4 is 51.7 Å². The first kappa shape index (κ1) is 13.1. The molecule has 0 spiro atoms. The van der Waals surface area contributed by atoms with Gasteiger partial charge in [0.2, 0.25) is 0 Å². The van der Waals surface area contributed by atoms with Crippen LogP contribution in [0.25, 0.3) is 0 Å².